The highest BCUT2D eigenvalue weighted by Gasteiger charge is 2.35. The molecule has 0 N–H and O–H groups in total. The number of hydrogen-bond acceptors (Lipinski definition) is 7. The van der Waals surface area contributed by atoms with E-state index in [0.29, 0.717) is 37.2 Å². The zero-order chi connectivity index (χ0) is 27.2. The van der Waals surface area contributed by atoms with E-state index in [-0.39, 0.29) is 24.5 Å². The minimum atomic E-state index is -0.0856. The lowest BCUT2D eigenvalue weighted by atomic mass is 9.93. The van der Waals surface area contributed by atoms with E-state index in [2.05, 4.69) is 9.88 Å². The highest BCUT2D eigenvalue weighted by atomic mass is 32.1. The van der Waals surface area contributed by atoms with Gasteiger partial charge in [0.2, 0.25) is 5.91 Å². The predicted octanol–water partition coefficient (Wildman–Crippen LogP) is 4.74. The zero-order valence-corrected chi connectivity index (χ0v) is 23.4. The van der Waals surface area contributed by atoms with Gasteiger partial charge in [-0.3, -0.25) is 14.5 Å². The van der Waals surface area contributed by atoms with Crippen molar-refractivity contribution in [3.8, 4) is 11.5 Å². The van der Waals surface area contributed by atoms with Gasteiger partial charge in [-0.25, -0.2) is 4.98 Å². The molecule has 2 atom stereocenters. The average Bonchev–Trinajstić information content (AvgIpc) is 3.46. The number of piperidine rings is 1. The second-order valence-electron chi connectivity index (χ2n) is 10.2. The van der Waals surface area contributed by atoms with Crippen LogP contribution in [0.1, 0.15) is 43.2 Å². The highest BCUT2D eigenvalue weighted by molar-refractivity contribution is 7.09. The van der Waals surface area contributed by atoms with Crippen LogP contribution in [-0.4, -0.2) is 65.5 Å². The van der Waals surface area contributed by atoms with Crippen molar-refractivity contribution in [2.24, 2.45) is 0 Å². The smallest absolute Gasteiger partial charge is 0.260 e. The number of methoxy groups -OCH3 is 1. The Bertz CT molecular complexity index is 1270. The van der Waals surface area contributed by atoms with Crippen LogP contribution in [0, 0.1) is 0 Å². The van der Waals surface area contributed by atoms with Crippen LogP contribution in [0.5, 0.6) is 11.5 Å². The van der Waals surface area contributed by atoms with Crippen molar-refractivity contribution in [2.75, 3.05) is 31.7 Å². The molecule has 0 saturated carbocycles. The molecule has 2 bridgehead atoms. The molecule has 2 unspecified atom stereocenters. The van der Waals surface area contributed by atoms with Gasteiger partial charge in [0, 0.05) is 62.0 Å². The summed E-state index contributed by atoms with van der Waals surface area (Å²) in [5.74, 6) is 1.20. The third-order valence-electron chi connectivity index (χ3n) is 7.71. The molecule has 0 spiro atoms. The third kappa shape index (κ3) is 6.59. The van der Waals surface area contributed by atoms with Crippen LogP contribution in [0.2, 0.25) is 0 Å². The molecular weight excluding hydrogens is 512 g/mol. The maximum absolute atomic E-state index is 13.7. The SMILES string of the molecule is COc1cccc(OCC(=O)N2Cc3ccccc3N(C(C)=O)CCC3CCCC(C2)N3Cc2nccs2)c1. The first kappa shape index (κ1) is 27.1. The van der Waals surface area contributed by atoms with Gasteiger partial charge in [0.25, 0.3) is 5.91 Å². The van der Waals surface area contributed by atoms with Gasteiger partial charge >= 0.3 is 0 Å². The standard InChI is InChI=1S/C30H36N4O4S/c1-22(35)33-15-13-24-8-5-9-25(34(24)20-29-31-14-16-39-29)19-32(18-23-7-3-4-12-28(23)33)30(36)21-38-27-11-6-10-26(17-27)37-2/h3-4,6-7,10-12,14,16-17,24-25H,5,8-9,13,15,18-21H2,1-2H3. The summed E-state index contributed by atoms with van der Waals surface area (Å²) < 4.78 is 11.2. The molecular formula is C30H36N4O4S. The maximum atomic E-state index is 13.7. The van der Waals surface area contributed by atoms with Crippen LogP contribution in [0.4, 0.5) is 5.69 Å². The molecule has 2 amide bonds. The van der Waals surface area contributed by atoms with Gasteiger partial charge in [-0.1, -0.05) is 30.7 Å². The summed E-state index contributed by atoms with van der Waals surface area (Å²) in [6.45, 7) is 3.95. The van der Waals surface area contributed by atoms with E-state index in [0.717, 1.165) is 48.5 Å². The van der Waals surface area contributed by atoms with Gasteiger partial charge in [0.1, 0.15) is 16.5 Å². The number of fused-ring (bicyclic) bond motifs is 3. The molecule has 3 heterocycles. The first-order chi connectivity index (χ1) is 19.0. The van der Waals surface area contributed by atoms with Crippen molar-refractivity contribution in [3.63, 3.8) is 0 Å². The van der Waals surface area contributed by atoms with E-state index in [1.54, 1.807) is 31.4 Å². The number of carbonyl (C=O) groups excluding carboxylic acids is 2. The Labute approximate surface area is 234 Å². The molecule has 1 aromatic heterocycles. The van der Waals surface area contributed by atoms with E-state index in [4.69, 9.17) is 9.47 Å². The number of benzene rings is 2. The number of hydrogen-bond donors (Lipinski definition) is 0. The molecule has 2 aromatic carbocycles. The first-order valence-electron chi connectivity index (χ1n) is 13.6. The van der Waals surface area contributed by atoms with Crippen LogP contribution in [0.3, 0.4) is 0 Å². The molecule has 206 valence electrons. The fourth-order valence-corrected chi connectivity index (χ4v) is 6.37. The molecule has 5 rings (SSSR count). The number of aromatic nitrogens is 1. The van der Waals surface area contributed by atoms with Crippen molar-refractivity contribution < 1.29 is 19.1 Å². The summed E-state index contributed by atoms with van der Waals surface area (Å²) >= 11 is 1.66. The lowest BCUT2D eigenvalue weighted by Crippen LogP contribution is -2.52. The zero-order valence-electron chi connectivity index (χ0n) is 22.6. The largest absolute Gasteiger partial charge is 0.497 e. The predicted molar refractivity (Wildman–Crippen MR) is 152 cm³/mol. The van der Waals surface area contributed by atoms with Crippen LogP contribution < -0.4 is 14.4 Å². The van der Waals surface area contributed by atoms with E-state index in [9.17, 15) is 9.59 Å². The fraction of sp³-hybridized carbons (Fsp3) is 0.433. The van der Waals surface area contributed by atoms with Gasteiger partial charge in [-0.2, -0.15) is 0 Å². The van der Waals surface area contributed by atoms with E-state index in [1.807, 2.05) is 63.8 Å². The van der Waals surface area contributed by atoms with Gasteiger partial charge in [-0.15, -0.1) is 11.3 Å². The molecule has 8 nitrogen and oxygen atoms in total. The van der Waals surface area contributed by atoms with Crippen LogP contribution in [0.25, 0.3) is 0 Å². The number of ether oxygens (including phenoxy) is 2. The van der Waals surface area contributed by atoms with Gasteiger partial charge in [0.05, 0.1) is 13.7 Å². The van der Waals surface area contributed by atoms with Gasteiger partial charge in [-0.05, 0) is 43.0 Å². The fourth-order valence-electron chi connectivity index (χ4n) is 5.75. The normalized spacial score (nSPS) is 20.1. The molecule has 0 radical (unpaired) electrons. The molecule has 3 aromatic rings. The third-order valence-corrected chi connectivity index (χ3v) is 8.48. The summed E-state index contributed by atoms with van der Waals surface area (Å²) in [6, 6.07) is 15.7. The summed E-state index contributed by atoms with van der Waals surface area (Å²) in [4.78, 5) is 37.5. The Hall–Kier alpha value is -3.43. The topological polar surface area (TPSA) is 75.2 Å². The van der Waals surface area contributed by atoms with E-state index >= 15 is 0 Å². The Morgan fingerprint density at radius 1 is 1.05 bits per heavy atom. The average molecular weight is 549 g/mol. The minimum absolute atomic E-state index is 0.0137. The number of amides is 2. The Balaban J connectivity index is 1.45. The second-order valence-corrected chi connectivity index (χ2v) is 11.1. The number of anilines is 1. The van der Waals surface area contributed by atoms with Crippen LogP contribution in [0.15, 0.2) is 60.1 Å². The van der Waals surface area contributed by atoms with E-state index in [1.165, 1.54) is 0 Å². The quantitative estimate of drug-likeness (QED) is 0.443. The Morgan fingerprint density at radius 2 is 1.87 bits per heavy atom. The molecule has 2 aliphatic rings. The van der Waals surface area contributed by atoms with Gasteiger partial charge < -0.3 is 19.3 Å². The Kier molecular flexibility index (Phi) is 8.78. The highest BCUT2D eigenvalue weighted by Crippen LogP contribution is 2.32. The number of para-hydroxylation sites is 1. The monoisotopic (exact) mass is 548 g/mol. The first-order valence-corrected chi connectivity index (χ1v) is 14.4. The molecule has 39 heavy (non-hydrogen) atoms. The molecule has 9 heteroatoms. The Morgan fingerprint density at radius 3 is 2.67 bits per heavy atom. The van der Waals surface area contributed by atoms with Crippen molar-refractivity contribution in [1.82, 2.24) is 14.8 Å². The molecule has 0 aliphatic carbocycles. The molecule has 1 saturated heterocycles. The maximum Gasteiger partial charge on any atom is 0.260 e. The lowest BCUT2D eigenvalue weighted by molar-refractivity contribution is -0.135. The second kappa shape index (κ2) is 12.6. The number of rotatable bonds is 6. The number of nitrogens with zero attached hydrogens (tertiary/aromatic N) is 4. The van der Waals surface area contributed by atoms with Crippen LogP contribution >= 0.6 is 11.3 Å². The van der Waals surface area contributed by atoms with Crippen LogP contribution in [-0.2, 0) is 22.7 Å². The number of thiazole rings is 1. The van der Waals surface area contributed by atoms with Crippen molar-refractivity contribution >= 4 is 28.8 Å². The summed E-state index contributed by atoms with van der Waals surface area (Å²) in [6.07, 6.45) is 5.91. The minimum Gasteiger partial charge on any atom is -0.497 e. The summed E-state index contributed by atoms with van der Waals surface area (Å²) in [7, 11) is 1.61. The molecule has 1 fully saturated rings. The van der Waals surface area contributed by atoms with Crippen molar-refractivity contribution in [3.05, 3.63) is 70.7 Å². The number of carbonyl (C=O) groups is 2. The summed E-state index contributed by atoms with van der Waals surface area (Å²) in [5, 5.41) is 3.09. The van der Waals surface area contributed by atoms with Gasteiger partial charge in [0.15, 0.2) is 6.61 Å². The summed E-state index contributed by atoms with van der Waals surface area (Å²) in [5.41, 5.74) is 1.84. The molecule has 2 aliphatic heterocycles. The van der Waals surface area contributed by atoms with Crippen molar-refractivity contribution in [1.29, 1.82) is 0 Å². The lowest BCUT2D eigenvalue weighted by Gasteiger charge is -2.43. The van der Waals surface area contributed by atoms with Crippen molar-refractivity contribution in [2.45, 2.75) is 57.8 Å². The van der Waals surface area contributed by atoms with E-state index < -0.39 is 0 Å².